The number of likely N-dealkylation sites (N-methyl/N-ethyl adjacent to an activating group) is 1. The molecule has 1 saturated heterocycles. The summed E-state index contributed by atoms with van der Waals surface area (Å²) < 4.78 is 0. The fraction of sp³-hybridized carbons (Fsp3) is 0.933. The van der Waals surface area contributed by atoms with Gasteiger partial charge in [0.05, 0.1) is 0 Å². The number of amides is 1. The largest absolute Gasteiger partial charge is 0.344 e. The molecular formula is C15H31N3O. The van der Waals surface area contributed by atoms with E-state index in [4.69, 9.17) is 0 Å². The van der Waals surface area contributed by atoms with Gasteiger partial charge >= 0.3 is 0 Å². The number of nitrogens with zero attached hydrogens (tertiary/aromatic N) is 3. The van der Waals surface area contributed by atoms with Crippen molar-refractivity contribution in [1.82, 2.24) is 14.7 Å². The molecule has 1 atom stereocenters. The van der Waals surface area contributed by atoms with E-state index in [0.717, 1.165) is 39.3 Å². The van der Waals surface area contributed by atoms with Crippen LogP contribution in [0.15, 0.2) is 0 Å². The summed E-state index contributed by atoms with van der Waals surface area (Å²) in [5, 5.41) is 0. The Kier molecular flexibility index (Phi) is 6.80. The first-order chi connectivity index (χ1) is 8.95. The molecule has 19 heavy (non-hydrogen) atoms. The molecule has 1 fully saturated rings. The van der Waals surface area contributed by atoms with Gasteiger partial charge in [-0.25, -0.2) is 0 Å². The Morgan fingerprint density at radius 2 is 1.74 bits per heavy atom. The second-order valence-corrected chi connectivity index (χ2v) is 6.05. The molecule has 1 unspecified atom stereocenters. The lowest BCUT2D eigenvalue weighted by Gasteiger charge is -2.38. The normalized spacial score (nSPS) is 19.7. The molecule has 4 nitrogen and oxygen atoms in total. The van der Waals surface area contributed by atoms with E-state index in [1.807, 2.05) is 25.8 Å². The van der Waals surface area contributed by atoms with Crippen LogP contribution < -0.4 is 0 Å². The topological polar surface area (TPSA) is 26.8 Å². The lowest BCUT2D eigenvalue weighted by molar-refractivity contribution is -0.133. The molecule has 0 aromatic rings. The van der Waals surface area contributed by atoms with E-state index in [9.17, 15) is 4.79 Å². The van der Waals surface area contributed by atoms with Gasteiger partial charge < -0.3 is 4.90 Å². The maximum atomic E-state index is 11.8. The highest BCUT2D eigenvalue weighted by atomic mass is 16.2. The van der Waals surface area contributed by atoms with Crippen LogP contribution in [0.3, 0.4) is 0 Å². The average Bonchev–Trinajstić information content (AvgIpc) is 2.43. The molecule has 1 aliphatic heterocycles. The molecule has 0 aromatic heterocycles. The van der Waals surface area contributed by atoms with Gasteiger partial charge in [-0.2, -0.15) is 0 Å². The van der Waals surface area contributed by atoms with Crippen LogP contribution in [0.25, 0.3) is 0 Å². The highest BCUT2D eigenvalue weighted by Crippen LogP contribution is 2.08. The molecule has 0 aromatic carbocycles. The maximum absolute atomic E-state index is 11.8. The minimum absolute atomic E-state index is 0.104. The molecule has 0 spiro atoms. The quantitative estimate of drug-likeness (QED) is 0.731. The molecule has 0 N–H and O–H groups in total. The van der Waals surface area contributed by atoms with Crippen LogP contribution in [-0.2, 0) is 4.79 Å². The van der Waals surface area contributed by atoms with Gasteiger partial charge in [-0.15, -0.1) is 0 Å². The van der Waals surface area contributed by atoms with Crippen molar-refractivity contribution < 1.29 is 4.79 Å². The Hall–Kier alpha value is -0.610. The van der Waals surface area contributed by atoms with Crippen LogP contribution in [0.1, 0.15) is 34.1 Å². The molecular weight excluding hydrogens is 238 g/mol. The predicted octanol–water partition coefficient (Wildman–Crippen LogP) is 1.52. The van der Waals surface area contributed by atoms with Crippen LogP contribution in [0, 0.1) is 5.92 Å². The summed E-state index contributed by atoms with van der Waals surface area (Å²) in [6, 6.07) is 0.701. The molecule has 0 bridgehead atoms. The van der Waals surface area contributed by atoms with Gasteiger partial charge in [0.25, 0.3) is 0 Å². The third-order valence-electron chi connectivity index (χ3n) is 4.24. The molecule has 0 saturated carbocycles. The van der Waals surface area contributed by atoms with Crippen molar-refractivity contribution in [3.05, 3.63) is 0 Å². The van der Waals surface area contributed by atoms with Gasteiger partial charge in [-0.05, 0) is 13.3 Å². The molecule has 4 heteroatoms. The Morgan fingerprint density at radius 3 is 2.21 bits per heavy atom. The summed E-state index contributed by atoms with van der Waals surface area (Å²) in [6.45, 7) is 14.9. The molecule has 1 aliphatic rings. The monoisotopic (exact) mass is 269 g/mol. The molecule has 0 radical (unpaired) electrons. The van der Waals surface area contributed by atoms with Gasteiger partial charge in [-0.3, -0.25) is 14.6 Å². The molecule has 1 rings (SSSR count). The zero-order valence-corrected chi connectivity index (χ0v) is 13.4. The van der Waals surface area contributed by atoms with E-state index in [0.29, 0.717) is 6.04 Å². The lowest BCUT2D eigenvalue weighted by atomic mass is 10.2. The SMILES string of the molecule is CCC(C)N1CCN(CCN(C)C(=O)C(C)C)CC1. The Bertz CT molecular complexity index is 273. The van der Waals surface area contributed by atoms with Crippen LogP contribution in [0.2, 0.25) is 0 Å². The van der Waals surface area contributed by atoms with E-state index in [1.165, 1.54) is 6.42 Å². The van der Waals surface area contributed by atoms with Crippen molar-refractivity contribution in [3.8, 4) is 0 Å². The van der Waals surface area contributed by atoms with Crippen molar-refractivity contribution in [2.24, 2.45) is 5.92 Å². The Morgan fingerprint density at radius 1 is 1.16 bits per heavy atom. The number of piperazine rings is 1. The highest BCUT2D eigenvalue weighted by molar-refractivity contribution is 5.77. The zero-order chi connectivity index (χ0) is 14.4. The standard InChI is InChI=1S/C15H31N3O/c1-6-14(4)18-11-9-17(10-12-18)8-7-16(5)15(19)13(2)3/h13-14H,6-12H2,1-5H3. The Balaban J connectivity index is 2.24. The predicted molar refractivity (Wildman–Crippen MR) is 80.2 cm³/mol. The fourth-order valence-corrected chi connectivity index (χ4v) is 2.53. The second-order valence-electron chi connectivity index (χ2n) is 6.05. The van der Waals surface area contributed by atoms with Crippen molar-refractivity contribution in [1.29, 1.82) is 0 Å². The number of carbonyl (C=O) groups excluding carboxylic acids is 1. The second kappa shape index (κ2) is 7.85. The summed E-state index contributed by atoms with van der Waals surface area (Å²) in [6.07, 6.45) is 1.23. The van der Waals surface area contributed by atoms with E-state index in [-0.39, 0.29) is 11.8 Å². The van der Waals surface area contributed by atoms with Crippen molar-refractivity contribution >= 4 is 5.91 Å². The van der Waals surface area contributed by atoms with Crippen molar-refractivity contribution in [3.63, 3.8) is 0 Å². The smallest absolute Gasteiger partial charge is 0.224 e. The third-order valence-corrected chi connectivity index (χ3v) is 4.24. The van der Waals surface area contributed by atoms with E-state index < -0.39 is 0 Å². The van der Waals surface area contributed by atoms with E-state index in [1.54, 1.807) is 0 Å². The average molecular weight is 269 g/mol. The molecule has 1 amide bonds. The summed E-state index contributed by atoms with van der Waals surface area (Å²) in [5.41, 5.74) is 0. The Labute approximate surface area is 118 Å². The maximum Gasteiger partial charge on any atom is 0.224 e. The van der Waals surface area contributed by atoms with Crippen LogP contribution in [0.4, 0.5) is 0 Å². The number of carbonyl (C=O) groups is 1. The summed E-state index contributed by atoms with van der Waals surface area (Å²) in [7, 11) is 1.91. The van der Waals surface area contributed by atoms with Crippen LogP contribution in [-0.4, -0.2) is 73.0 Å². The molecule has 112 valence electrons. The minimum Gasteiger partial charge on any atom is -0.344 e. The van der Waals surface area contributed by atoms with Gasteiger partial charge in [0.1, 0.15) is 0 Å². The van der Waals surface area contributed by atoms with E-state index in [2.05, 4.69) is 23.6 Å². The molecule has 0 aliphatic carbocycles. The van der Waals surface area contributed by atoms with Crippen molar-refractivity contribution in [2.75, 3.05) is 46.3 Å². The number of rotatable bonds is 6. The first kappa shape index (κ1) is 16.4. The minimum atomic E-state index is 0.104. The first-order valence-electron chi connectivity index (χ1n) is 7.67. The summed E-state index contributed by atoms with van der Waals surface area (Å²) in [5.74, 6) is 0.352. The zero-order valence-electron chi connectivity index (χ0n) is 13.4. The van der Waals surface area contributed by atoms with Crippen molar-refractivity contribution in [2.45, 2.75) is 40.2 Å². The lowest BCUT2D eigenvalue weighted by Crippen LogP contribution is -2.51. The summed E-state index contributed by atoms with van der Waals surface area (Å²) >= 11 is 0. The third kappa shape index (κ3) is 5.11. The van der Waals surface area contributed by atoms with Gasteiger partial charge in [0.15, 0.2) is 0 Å². The van der Waals surface area contributed by atoms with Gasteiger partial charge in [-0.1, -0.05) is 20.8 Å². The van der Waals surface area contributed by atoms with E-state index >= 15 is 0 Å². The van der Waals surface area contributed by atoms with Crippen LogP contribution in [0.5, 0.6) is 0 Å². The van der Waals surface area contributed by atoms with Crippen LogP contribution >= 0.6 is 0 Å². The molecule has 1 heterocycles. The number of hydrogen-bond acceptors (Lipinski definition) is 3. The van der Waals surface area contributed by atoms with Gasteiger partial charge in [0, 0.05) is 58.3 Å². The fourth-order valence-electron chi connectivity index (χ4n) is 2.53. The van der Waals surface area contributed by atoms with Gasteiger partial charge in [0.2, 0.25) is 5.91 Å². The number of hydrogen-bond donors (Lipinski definition) is 0. The summed E-state index contributed by atoms with van der Waals surface area (Å²) in [4.78, 5) is 18.7. The first-order valence-corrected chi connectivity index (χ1v) is 7.67. The highest BCUT2D eigenvalue weighted by Gasteiger charge is 2.20.